The monoisotopic (exact) mass is 273 g/mol. The van der Waals surface area contributed by atoms with Gasteiger partial charge in [-0.25, -0.2) is 8.78 Å². The van der Waals surface area contributed by atoms with E-state index in [1.54, 1.807) is 0 Å². The maximum absolute atomic E-state index is 13.5. The molecule has 0 aliphatic heterocycles. The molecular weight excluding hydrogens is 264 g/mol. The standard InChI is InChI=1S/C14H9F2N3O/c15-10-5-11(16)13(6-12(10)18)19-14(20)9-3-1-2-8(4-9)7-17/h1-6H,18H2,(H,19,20). The molecule has 0 bridgehead atoms. The molecule has 2 aromatic carbocycles. The third kappa shape index (κ3) is 2.72. The van der Waals surface area contributed by atoms with Crippen molar-refractivity contribution in [1.82, 2.24) is 0 Å². The minimum atomic E-state index is -0.929. The van der Waals surface area contributed by atoms with Crippen molar-refractivity contribution in [3.05, 3.63) is 59.2 Å². The van der Waals surface area contributed by atoms with Crippen LogP contribution in [0.15, 0.2) is 36.4 Å². The molecule has 0 aromatic heterocycles. The van der Waals surface area contributed by atoms with E-state index in [0.29, 0.717) is 11.6 Å². The molecule has 0 unspecified atom stereocenters. The molecule has 0 aliphatic rings. The number of amides is 1. The van der Waals surface area contributed by atoms with Crippen molar-refractivity contribution in [2.24, 2.45) is 0 Å². The number of carbonyl (C=O) groups excluding carboxylic acids is 1. The van der Waals surface area contributed by atoms with Gasteiger partial charge in [-0.3, -0.25) is 4.79 Å². The van der Waals surface area contributed by atoms with Gasteiger partial charge in [0.25, 0.3) is 5.91 Å². The highest BCUT2D eigenvalue weighted by Crippen LogP contribution is 2.21. The molecule has 0 atom stereocenters. The molecule has 0 spiro atoms. The molecule has 4 nitrogen and oxygen atoms in total. The van der Waals surface area contributed by atoms with Crippen LogP contribution in [0.25, 0.3) is 0 Å². The van der Waals surface area contributed by atoms with Crippen LogP contribution in [-0.2, 0) is 0 Å². The molecule has 0 aliphatic carbocycles. The first kappa shape index (κ1) is 13.5. The Morgan fingerprint density at radius 3 is 2.65 bits per heavy atom. The predicted molar refractivity (Wildman–Crippen MR) is 69.9 cm³/mol. The zero-order valence-electron chi connectivity index (χ0n) is 10.2. The van der Waals surface area contributed by atoms with Crippen LogP contribution in [0.2, 0.25) is 0 Å². The van der Waals surface area contributed by atoms with Crippen LogP contribution in [0.4, 0.5) is 20.2 Å². The van der Waals surface area contributed by atoms with Crippen molar-refractivity contribution in [1.29, 1.82) is 5.26 Å². The number of hydrogen-bond acceptors (Lipinski definition) is 3. The normalized spacial score (nSPS) is 9.85. The second kappa shape index (κ2) is 5.36. The van der Waals surface area contributed by atoms with Gasteiger partial charge in [-0.2, -0.15) is 5.26 Å². The lowest BCUT2D eigenvalue weighted by molar-refractivity contribution is 0.102. The van der Waals surface area contributed by atoms with Gasteiger partial charge >= 0.3 is 0 Å². The largest absolute Gasteiger partial charge is 0.396 e. The van der Waals surface area contributed by atoms with Gasteiger partial charge in [-0.15, -0.1) is 0 Å². The van der Waals surface area contributed by atoms with E-state index >= 15 is 0 Å². The van der Waals surface area contributed by atoms with Crippen LogP contribution in [0.3, 0.4) is 0 Å². The highest BCUT2D eigenvalue weighted by atomic mass is 19.1. The third-order valence-electron chi connectivity index (χ3n) is 2.59. The van der Waals surface area contributed by atoms with Crippen LogP contribution < -0.4 is 11.1 Å². The summed E-state index contributed by atoms with van der Waals surface area (Å²) in [6.07, 6.45) is 0. The molecule has 1 amide bonds. The molecule has 0 saturated carbocycles. The number of rotatable bonds is 2. The number of benzene rings is 2. The highest BCUT2D eigenvalue weighted by Gasteiger charge is 2.12. The minimum absolute atomic E-state index is 0.186. The van der Waals surface area contributed by atoms with E-state index in [2.05, 4.69) is 5.32 Å². The Morgan fingerprint density at radius 2 is 1.95 bits per heavy atom. The second-order valence-corrected chi connectivity index (χ2v) is 4.00. The zero-order chi connectivity index (χ0) is 14.7. The Kier molecular flexibility index (Phi) is 3.62. The summed E-state index contributed by atoms with van der Waals surface area (Å²) in [7, 11) is 0. The molecular formula is C14H9F2N3O. The predicted octanol–water partition coefficient (Wildman–Crippen LogP) is 2.67. The lowest BCUT2D eigenvalue weighted by atomic mass is 10.1. The third-order valence-corrected chi connectivity index (χ3v) is 2.59. The van der Waals surface area contributed by atoms with Crippen molar-refractivity contribution >= 4 is 17.3 Å². The molecule has 3 N–H and O–H groups in total. The van der Waals surface area contributed by atoms with E-state index in [9.17, 15) is 13.6 Å². The Morgan fingerprint density at radius 1 is 1.20 bits per heavy atom. The van der Waals surface area contributed by atoms with Crippen LogP contribution in [0, 0.1) is 23.0 Å². The summed E-state index contributed by atoms with van der Waals surface area (Å²) in [6, 6.07) is 9.38. The smallest absolute Gasteiger partial charge is 0.255 e. The zero-order valence-corrected chi connectivity index (χ0v) is 10.2. The first-order valence-corrected chi connectivity index (χ1v) is 5.57. The van der Waals surface area contributed by atoms with E-state index in [0.717, 1.165) is 6.07 Å². The van der Waals surface area contributed by atoms with Gasteiger partial charge in [-0.1, -0.05) is 6.07 Å². The molecule has 0 heterocycles. The van der Waals surface area contributed by atoms with Gasteiger partial charge in [0.1, 0.15) is 11.6 Å². The quantitative estimate of drug-likeness (QED) is 0.825. The number of nitrogens with one attached hydrogen (secondary N) is 1. The van der Waals surface area contributed by atoms with Gasteiger partial charge in [0.2, 0.25) is 0 Å². The molecule has 20 heavy (non-hydrogen) atoms. The summed E-state index contributed by atoms with van der Waals surface area (Å²) in [5.74, 6) is -2.44. The van der Waals surface area contributed by atoms with Crippen molar-refractivity contribution in [2.45, 2.75) is 0 Å². The number of hydrogen-bond donors (Lipinski definition) is 2. The number of nitrogens with zero attached hydrogens (tertiary/aromatic N) is 1. The molecule has 0 radical (unpaired) electrons. The van der Waals surface area contributed by atoms with Gasteiger partial charge in [-0.05, 0) is 24.3 Å². The Labute approximate surface area is 113 Å². The van der Waals surface area contributed by atoms with E-state index in [-0.39, 0.29) is 16.9 Å². The summed E-state index contributed by atoms with van der Waals surface area (Å²) in [6.45, 7) is 0. The van der Waals surface area contributed by atoms with Crippen LogP contribution in [0.1, 0.15) is 15.9 Å². The molecule has 0 fully saturated rings. The molecule has 0 saturated heterocycles. The molecule has 2 rings (SSSR count). The number of anilines is 2. The highest BCUT2D eigenvalue weighted by molar-refractivity contribution is 6.04. The number of nitrogens with two attached hydrogens (primary N) is 1. The second-order valence-electron chi connectivity index (χ2n) is 4.00. The average Bonchev–Trinajstić information content (AvgIpc) is 2.44. The van der Waals surface area contributed by atoms with E-state index in [1.165, 1.54) is 24.3 Å². The lowest BCUT2D eigenvalue weighted by Gasteiger charge is -2.08. The number of nitrogen functional groups attached to an aromatic ring is 1. The summed E-state index contributed by atoms with van der Waals surface area (Å²) < 4.78 is 26.5. The maximum atomic E-state index is 13.5. The first-order valence-electron chi connectivity index (χ1n) is 5.57. The summed E-state index contributed by atoms with van der Waals surface area (Å²) >= 11 is 0. The van der Waals surface area contributed by atoms with Gasteiger partial charge in [0.15, 0.2) is 0 Å². The fourth-order valence-electron chi connectivity index (χ4n) is 1.59. The molecule has 2 aromatic rings. The minimum Gasteiger partial charge on any atom is -0.396 e. The summed E-state index contributed by atoms with van der Waals surface area (Å²) in [5, 5.41) is 11.0. The van der Waals surface area contributed by atoms with Crippen molar-refractivity contribution in [2.75, 3.05) is 11.1 Å². The van der Waals surface area contributed by atoms with Gasteiger partial charge in [0.05, 0.1) is 23.0 Å². The SMILES string of the molecule is N#Cc1cccc(C(=O)Nc2cc(N)c(F)cc2F)c1. The fourth-order valence-corrected chi connectivity index (χ4v) is 1.59. The Bertz CT molecular complexity index is 723. The number of carbonyl (C=O) groups is 1. The van der Waals surface area contributed by atoms with Crippen molar-refractivity contribution in [3.8, 4) is 6.07 Å². The van der Waals surface area contributed by atoms with Crippen LogP contribution in [0.5, 0.6) is 0 Å². The van der Waals surface area contributed by atoms with E-state index in [4.69, 9.17) is 11.0 Å². The molecule has 6 heteroatoms. The van der Waals surface area contributed by atoms with Gasteiger partial charge in [0, 0.05) is 11.6 Å². The average molecular weight is 273 g/mol. The summed E-state index contributed by atoms with van der Waals surface area (Å²) in [5.41, 5.74) is 5.31. The lowest BCUT2D eigenvalue weighted by Crippen LogP contribution is -2.13. The first-order chi connectivity index (χ1) is 9.51. The van der Waals surface area contributed by atoms with Gasteiger partial charge < -0.3 is 11.1 Å². The van der Waals surface area contributed by atoms with Crippen molar-refractivity contribution in [3.63, 3.8) is 0 Å². The van der Waals surface area contributed by atoms with E-state index in [1.807, 2.05) is 6.07 Å². The Balaban J connectivity index is 2.28. The van der Waals surface area contributed by atoms with E-state index < -0.39 is 17.5 Å². The number of halogens is 2. The molecule has 100 valence electrons. The summed E-state index contributed by atoms with van der Waals surface area (Å²) in [4.78, 5) is 11.9. The number of nitriles is 1. The van der Waals surface area contributed by atoms with Crippen LogP contribution >= 0.6 is 0 Å². The van der Waals surface area contributed by atoms with Crippen molar-refractivity contribution < 1.29 is 13.6 Å². The topological polar surface area (TPSA) is 78.9 Å². The Hall–Kier alpha value is -2.94. The maximum Gasteiger partial charge on any atom is 0.255 e. The fraction of sp³-hybridized carbons (Fsp3) is 0. The van der Waals surface area contributed by atoms with Crippen LogP contribution in [-0.4, -0.2) is 5.91 Å².